The van der Waals surface area contributed by atoms with Crippen molar-refractivity contribution in [2.75, 3.05) is 13.6 Å². The molecule has 0 saturated heterocycles. The number of hydrogen-bond acceptors (Lipinski definition) is 2. The molecule has 10 heavy (non-hydrogen) atoms. The fourth-order valence-corrected chi connectivity index (χ4v) is 0.758. The fraction of sp³-hybridized carbons (Fsp3) is 0.750. The molecule has 2 nitrogen and oxygen atoms in total. The maximum Gasteiger partial charge on any atom is 0.0729 e. The Hall–Kier alpha value is -0.340. The Morgan fingerprint density at radius 2 is 2.20 bits per heavy atom. The molecule has 0 aliphatic heterocycles. The van der Waals surface area contributed by atoms with Crippen molar-refractivity contribution in [3.05, 3.63) is 12.7 Å². The van der Waals surface area contributed by atoms with E-state index in [-0.39, 0.29) is 12.2 Å². The van der Waals surface area contributed by atoms with Gasteiger partial charge in [-0.15, -0.1) is 6.58 Å². The van der Waals surface area contributed by atoms with Gasteiger partial charge in [-0.05, 0) is 20.9 Å². The molecule has 2 unspecified atom stereocenters. The van der Waals surface area contributed by atoms with Crippen LogP contribution in [0.25, 0.3) is 0 Å². The molecular weight excluding hydrogens is 126 g/mol. The molecule has 0 aromatic carbocycles. The number of hydrogen-bond donors (Lipinski definition) is 1. The third kappa shape index (κ3) is 4.53. The van der Waals surface area contributed by atoms with E-state index in [1.54, 1.807) is 6.08 Å². The van der Waals surface area contributed by atoms with E-state index in [1.165, 1.54) is 0 Å². The molecule has 2 atom stereocenters. The third-order valence-corrected chi connectivity index (χ3v) is 1.27. The van der Waals surface area contributed by atoms with Crippen molar-refractivity contribution < 1.29 is 4.74 Å². The minimum Gasteiger partial charge on any atom is -0.370 e. The predicted octanol–water partition coefficient (Wildman–Crippen LogP) is 1.19. The van der Waals surface area contributed by atoms with Crippen molar-refractivity contribution in [1.82, 2.24) is 5.32 Å². The highest BCUT2D eigenvalue weighted by molar-refractivity contribution is 4.76. The Kier molecular flexibility index (Phi) is 5.26. The molecule has 0 fully saturated rings. The minimum atomic E-state index is 0.156. The van der Waals surface area contributed by atoms with Gasteiger partial charge in [0.05, 0.1) is 12.2 Å². The van der Waals surface area contributed by atoms with Crippen LogP contribution in [0.1, 0.15) is 13.8 Å². The number of likely N-dealkylation sites (N-methyl/N-ethyl adjacent to an activating group) is 1. The van der Waals surface area contributed by atoms with E-state index in [0.29, 0.717) is 0 Å². The SMILES string of the molecule is C=CC(C)OC(C)CNC. The first-order valence-electron chi connectivity index (χ1n) is 3.63. The molecule has 0 bridgehead atoms. The van der Waals surface area contributed by atoms with Crippen molar-refractivity contribution in [1.29, 1.82) is 0 Å². The zero-order chi connectivity index (χ0) is 7.98. The van der Waals surface area contributed by atoms with Crippen LogP contribution in [0.2, 0.25) is 0 Å². The minimum absolute atomic E-state index is 0.156. The molecule has 0 saturated carbocycles. The van der Waals surface area contributed by atoms with Crippen LogP contribution in [0.5, 0.6) is 0 Å². The first kappa shape index (κ1) is 9.66. The highest BCUT2D eigenvalue weighted by atomic mass is 16.5. The topological polar surface area (TPSA) is 21.3 Å². The number of ether oxygens (including phenoxy) is 1. The van der Waals surface area contributed by atoms with Gasteiger partial charge >= 0.3 is 0 Å². The lowest BCUT2D eigenvalue weighted by Crippen LogP contribution is -2.26. The normalized spacial score (nSPS) is 16.3. The molecule has 0 rings (SSSR count). The van der Waals surface area contributed by atoms with Crippen LogP contribution in [0.4, 0.5) is 0 Å². The van der Waals surface area contributed by atoms with Gasteiger partial charge in [-0.1, -0.05) is 6.08 Å². The van der Waals surface area contributed by atoms with Crippen LogP contribution in [0.15, 0.2) is 12.7 Å². The van der Waals surface area contributed by atoms with Gasteiger partial charge in [-0.2, -0.15) is 0 Å². The summed E-state index contributed by atoms with van der Waals surface area (Å²) in [7, 11) is 1.92. The van der Waals surface area contributed by atoms with Crippen LogP contribution in [-0.4, -0.2) is 25.8 Å². The Morgan fingerprint density at radius 3 is 2.60 bits per heavy atom. The van der Waals surface area contributed by atoms with Gasteiger partial charge in [-0.25, -0.2) is 0 Å². The molecule has 0 aromatic heterocycles. The molecule has 0 spiro atoms. The molecule has 0 aliphatic carbocycles. The van der Waals surface area contributed by atoms with Crippen molar-refractivity contribution in [2.45, 2.75) is 26.1 Å². The Bertz CT molecular complexity index is 93.3. The molecule has 1 N–H and O–H groups in total. The van der Waals surface area contributed by atoms with Gasteiger partial charge in [0, 0.05) is 6.54 Å². The molecule has 0 heterocycles. The lowest BCUT2D eigenvalue weighted by atomic mass is 10.3. The highest BCUT2D eigenvalue weighted by Crippen LogP contribution is 1.96. The predicted molar refractivity (Wildman–Crippen MR) is 44.1 cm³/mol. The van der Waals surface area contributed by atoms with Gasteiger partial charge in [0.15, 0.2) is 0 Å². The lowest BCUT2D eigenvalue weighted by Gasteiger charge is -2.15. The number of nitrogens with one attached hydrogen (secondary N) is 1. The second-order valence-corrected chi connectivity index (χ2v) is 2.45. The van der Waals surface area contributed by atoms with E-state index in [9.17, 15) is 0 Å². The molecule has 0 aliphatic rings. The van der Waals surface area contributed by atoms with Gasteiger partial charge in [0.2, 0.25) is 0 Å². The second-order valence-electron chi connectivity index (χ2n) is 2.45. The Balaban J connectivity index is 3.36. The summed E-state index contributed by atoms with van der Waals surface area (Å²) in [6, 6.07) is 0. The van der Waals surface area contributed by atoms with Crippen LogP contribution in [0, 0.1) is 0 Å². The lowest BCUT2D eigenvalue weighted by molar-refractivity contribution is 0.0361. The molecule has 0 aromatic rings. The summed E-state index contributed by atoms with van der Waals surface area (Å²) in [5.41, 5.74) is 0. The van der Waals surface area contributed by atoms with Gasteiger partial charge < -0.3 is 10.1 Å². The van der Waals surface area contributed by atoms with Crippen LogP contribution in [-0.2, 0) is 4.74 Å². The van der Waals surface area contributed by atoms with E-state index in [4.69, 9.17) is 4.74 Å². The summed E-state index contributed by atoms with van der Waals surface area (Å²) in [6.45, 7) is 8.54. The highest BCUT2D eigenvalue weighted by Gasteiger charge is 2.02. The molecule has 2 heteroatoms. The Labute approximate surface area is 63.3 Å². The monoisotopic (exact) mass is 143 g/mol. The van der Waals surface area contributed by atoms with Crippen LogP contribution >= 0.6 is 0 Å². The third-order valence-electron chi connectivity index (χ3n) is 1.27. The van der Waals surface area contributed by atoms with Gasteiger partial charge in [0.25, 0.3) is 0 Å². The fourth-order valence-electron chi connectivity index (χ4n) is 0.758. The number of rotatable bonds is 5. The second kappa shape index (κ2) is 5.45. The molecule has 0 radical (unpaired) electrons. The molecule has 0 amide bonds. The average Bonchev–Trinajstić information content (AvgIpc) is 1.88. The summed E-state index contributed by atoms with van der Waals surface area (Å²) in [6.07, 6.45) is 2.22. The summed E-state index contributed by atoms with van der Waals surface area (Å²) in [5, 5.41) is 3.04. The molecular formula is C8H17NO. The van der Waals surface area contributed by atoms with E-state index < -0.39 is 0 Å². The van der Waals surface area contributed by atoms with E-state index in [1.807, 2.05) is 20.9 Å². The summed E-state index contributed by atoms with van der Waals surface area (Å²) in [5.74, 6) is 0. The van der Waals surface area contributed by atoms with Crippen molar-refractivity contribution in [3.8, 4) is 0 Å². The van der Waals surface area contributed by atoms with Gasteiger partial charge in [0.1, 0.15) is 0 Å². The first-order valence-corrected chi connectivity index (χ1v) is 3.63. The zero-order valence-corrected chi connectivity index (χ0v) is 7.05. The van der Waals surface area contributed by atoms with Crippen molar-refractivity contribution in [2.24, 2.45) is 0 Å². The summed E-state index contributed by atoms with van der Waals surface area (Å²) in [4.78, 5) is 0. The van der Waals surface area contributed by atoms with Crippen LogP contribution in [0.3, 0.4) is 0 Å². The smallest absolute Gasteiger partial charge is 0.0729 e. The van der Waals surface area contributed by atoms with Crippen molar-refractivity contribution in [3.63, 3.8) is 0 Å². The standard InChI is InChI=1S/C8H17NO/c1-5-7(2)10-8(3)6-9-4/h5,7-9H,1,6H2,2-4H3. The molecule has 60 valence electrons. The zero-order valence-electron chi connectivity index (χ0n) is 7.05. The van der Waals surface area contributed by atoms with Gasteiger partial charge in [-0.3, -0.25) is 0 Å². The van der Waals surface area contributed by atoms with Crippen LogP contribution < -0.4 is 5.32 Å². The Morgan fingerprint density at radius 1 is 1.60 bits per heavy atom. The maximum atomic E-state index is 5.46. The quantitative estimate of drug-likeness (QED) is 0.584. The van der Waals surface area contributed by atoms with E-state index in [2.05, 4.69) is 11.9 Å². The first-order chi connectivity index (χ1) is 4.70. The van der Waals surface area contributed by atoms with E-state index >= 15 is 0 Å². The van der Waals surface area contributed by atoms with Crippen molar-refractivity contribution >= 4 is 0 Å². The van der Waals surface area contributed by atoms with E-state index in [0.717, 1.165) is 6.54 Å². The maximum absolute atomic E-state index is 5.46. The summed E-state index contributed by atoms with van der Waals surface area (Å²) < 4.78 is 5.46. The average molecular weight is 143 g/mol. The summed E-state index contributed by atoms with van der Waals surface area (Å²) >= 11 is 0. The largest absolute Gasteiger partial charge is 0.370 e.